The number of benzene rings is 1. The van der Waals surface area contributed by atoms with Crippen molar-refractivity contribution in [2.24, 2.45) is 5.73 Å². The molecule has 1 heterocycles. The lowest BCUT2D eigenvalue weighted by molar-refractivity contribution is 0.372. The number of rotatable bonds is 5. The first-order valence-corrected chi connectivity index (χ1v) is 9.16. The molecule has 1 aliphatic rings. The maximum absolute atomic E-state index is 10.1. The SMILES string of the molecule is COc1cc(C(C)C)c(C(N)C2=CNC(SC)NC2Cl)cc1O. The summed E-state index contributed by atoms with van der Waals surface area (Å²) in [5.41, 5.74) is 8.86. The van der Waals surface area contributed by atoms with Crippen LogP contribution >= 0.6 is 23.4 Å². The molecular formula is C16H24ClN3O2S. The monoisotopic (exact) mass is 357 g/mol. The molecule has 0 amide bonds. The lowest BCUT2D eigenvalue weighted by atomic mass is 9.89. The number of phenols is 1. The maximum atomic E-state index is 10.1. The Bertz CT molecular complexity index is 595. The first-order chi connectivity index (χ1) is 10.9. The van der Waals surface area contributed by atoms with E-state index in [2.05, 4.69) is 24.5 Å². The summed E-state index contributed by atoms with van der Waals surface area (Å²) < 4.78 is 5.21. The molecule has 0 fully saturated rings. The fourth-order valence-corrected chi connectivity index (χ4v) is 3.49. The second-order valence-corrected chi connectivity index (χ2v) is 7.12. The van der Waals surface area contributed by atoms with Crippen molar-refractivity contribution >= 4 is 23.4 Å². The van der Waals surface area contributed by atoms with Crippen molar-refractivity contribution < 1.29 is 9.84 Å². The molecule has 0 saturated carbocycles. The van der Waals surface area contributed by atoms with Gasteiger partial charge < -0.3 is 20.9 Å². The van der Waals surface area contributed by atoms with Gasteiger partial charge >= 0.3 is 0 Å². The molecule has 128 valence electrons. The molecule has 0 radical (unpaired) electrons. The van der Waals surface area contributed by atoms with Gasteiger partial charge in [0.1, 0.15) is 11.0 Å². The van der Waals surface area contributed by atoms with Gasteiger partial charge in [-0.1, -0.05) is 13.8 Å². The summed E-state index contributed by atoms with van der Waals surface area (Å²) in [5, 5.41) is 16.6. The van der Waals surface area contributed by atoms with Crippen LogP contribution in [0.5, 0.6) is 11.5 Å². The van der Waals surface area contributed by atoms with Crippen LogP contribution in [0.2, 0.25) is 0 Å². The molecule has 5 N–H and O–H groups in total. The van der Waals surface area contributed by atoms with Crippen LogP contribution in [-0.4, -0.2) is 29.5 Å². The molecule has 23 heavy (non-hydrogen) atoms. The summed E-state index contributed by atoms with van der Waals surface area (Å²) in [6.07, 6.45) is 3.86. The van der Waals surface area contributed by atoms with Crippen molar-refractivity contribution in [1.82, 2.24) is 10.6 Å². The average molecular weight is 358 g/mol. The zero-order valence-electron chi connectivity index (χ0n) is 13.8. The number of nitrogens with one attached hydrogen (secondary N) is 2. The van der Waals surface area contributed by atoms with Gasteiger partial charge in [-0.15, -0.1) is 23.4 Å². The molecule has 0 bridgehead atoms. The van der Waals surface area contributed by atoms with E-state index in [1.165, 1.54) is 7.11 Å². The molecular weight excluding hydrogens is 334 g/mol. The summed E-state index contributed by atoms with van der Waals surface area (Å²) >= 11 is 8.06. The standard InChI is InChI=1S/C16H24ClN3O2S/c1-8(2)9-6-13(22-3)12(21)5-10(9)14(18)11-7-19-16(23-4)20-15(11)17/h5-8,14-16,19-21H,18H2,1-4H3. The second-order valence-electron chi connectivity index (χ2n) is 5.74. The van der Waals surface area contributed by atoms with Gasteiger partial charge in [0.15, 0.2) is 11.5 Å². The van der Waals surface area contributed by atoms with Crippen LogP contribution in [0.4, 0.5) is 0 Å². The first kappa shape index (κ1) is 18.3. The number of nitrogens with two attached hydrogens (primary N) is 1. The van der Waals surface area contributed by atoms with Crippen molar-refractivity contribution in [2.45, 2.75) is 36.8 Å². The van der Waals surface area contributed by atoms with E-state index in [-0.39, 0.29) is 22.7 Å². The van der Waals surface area contributed by atoms with Gasteiger partial charge in [-0.3, -0.25) is 5.32 Å². The third-order valence-corrected chi connectivity index (χ3v) is 5.05. The van der Waals surface area contributed by atoms with Crippen LogP contribution < -0.4 is 21.1 Å². The van der Waals surface area contributed by atoms with Gasteiger partial charge in [0.05, 0.1) is 13.2 Å². The zero-order valence-corrected chi connectivity index (χ0v) is 15.3. The van der Waals surface area contributed by atoms with E-state index in [0.29, 0.717) is 5.75 Å². The Morgan fingerprint density at radius 2 is 2.04 bits per heavy atom. The molecule has 2 rings (SSSR count). The van der Waals surface area contributed by atoms with Crippen molar-refractivity contribution in [3.63, 3.8) is 0 Å². The Hall–Kier alpha value is -1.08. The molecule has 7 heteroatoms. The molecule has 1 aromatic rings. The minimum absolute atomic E-state index is 0.0577. The number of methoxy groups -OCH3 is 1. The minimum Gasteiger partial charge on any atom is -0.504 e. The third-order valence-electron chi connectivity index (χ3n) is 3.93. The van der Waals surface area contributed by atoms with E-state index in [1.54, 1.807) is 17.8 Å². The summed E-state index contributed by atoms with van der Waals surface area (Å²) in [7, 11) is 1.54. The summed E-state index contributed by atoms with van der Waals surface area (Å²) in [4.78, 5) is 0. The highest BCUT2D eigenvalue weighted by Crippen LogP contribution is 2.38. The maximum Gasteiger partial charge on any atom is 0.160 e. The smallest absolute Gasteiger partial charge is 0.160 e. The van der Waals surface area contributed by atoms with E-state index in [1.807, 2.05) is 18.5 Å². The zero-order chi connectivity index (χ0) is 17.1. The fraction of sp³-hybridized carbons (Fsp3) is 0.500. The van der Waals surface area contributed by atoms with Crippen molar-refractivity contribution in [2.75, 3.05) is 13.4 Å². The highest BCUT2D eigenvalue weighted by molar-refractivity contribution is 7.99. The van der Waals surface area contributed by atoms with Crippen LogP contribution in [-0.2, 0) is 0 Å². The summed E-state index contributed by atoms with van der Waals surface area (Å²) in [5.74, 6) is 0.763. The molecule has 0 saturated heterocycles. The molecule has 0 spiro atoms. The van der Waals surface area contributed by atoms with Gasteiger partial charge in [-0.05, 0) is 41.0 Å². The van der Waals surface area contributed by atoms with Crippen LogP contribution in [0.15, 0.2) is 23.9 Å². The normalized spacial score (nSPS) is 22.5. The van der Waals surface area contributed by atoms with Gasteiger partial charge in [-0.2, -0.15) is 0 Å². The van der Waals surface area contributed by atoms with Gasteiger partial charge in [0.25, 0.3) is 0 Å². The van der Waals surface area contributed by atoms with Crippen molar-refractivity contribution in [3.8, 4) is 11.5 Å². The van der Waals surface area contributed by atoms with E-state index in [4.69, 9.17) is 22.1 Å². The topological polar surface area (TPSA) is 79.5 Å². The Kier molecular flexibility index (Phi) is 6.08. The summed E-state index contributed by atoms with van der Waals surface area (Å²) in [6.45, 7) is 4.16. The molecule has 3 atom stereocenters. The lowest BCUT2D eigenvalue weighted by Gasteiger charge is -2.32. The Balaban J connectivity index is 2.41. The number of hydrogen-bond donors (Lipinski definition) is 4. The number of aromatic hydroxyl groups is 1. The van der Waals surface area contributed by atoms with E-state index in [9.17, 15) is 5.11 Å². The van der Waals surface area contributed by atoms with Gasteiger partial charge in [0, 0.05) is 6.20 Å². The van der Waals surface area contributed by atoms with E-state index >= 15 is 0 Å². The number of alkyl halides is 1. The average Bonchev–Trinajstić information content (AvgIpc) is 2.53. The largest absolute Gasteiger partial charge is 0.504 e. The molecule has 1 aliphatic heterocycles. The second kappa shape index (κ2) is 7.66. The van der Waals surface area contributed by atoms with E-state index < -0.39 is 6.04 Å². The number of halogens is 1. The van der Waals surface area contributed by atoms with Gasteiger partial charge in [-0.25, -0.2) is 0 Å². The number of thioether (sulfide) groups is 1. The third kappa shape index (κ3) is 3.88. The predicted octanol–water partition coefficient (Wildman–Crippen LogP) is 2.81. The Morgan fingerprint density at radius 1 is 1.35 bits per heavy atom. The number of ether oxygens (including phenoxy) is 1. The first-order valence-electron chi connectivity index (χ1n) is 7.44. The molecule has 0 aliphatic carbocycles. The van der Waals surface area contributed by atoms with Crippen LogP contribution in [0.3, 0.4) is 0 Å². The van der Waals surface area contributed by atoms with E-state index in [0.717, 1.165) is 16.7 Å². The Morgan fingerprint density at radius 3 is 2.57 bits per heavy atom. The highest BCUT2D eigenvalue weighted by atomic mass is 35.5. The molecule has 5 nitrogen and oxygen atoms in total. The Labute approximate surface area is 146 Å². The number of hydrogen-bond acceptors (Lipinski definition) is 6. The molecule has 3 unspecified atom stereocenters. The van der Waals surface area contributed by atoms with Crippen LogP contribution in [0, 0.1) is 0 Å². The predicted molar refractivity (Wildman–Crippen MR) is 97.0 cm³/mol. The quantitative estimate of drug-likeness (QED) is 0.479. The minimum atomic E-state index is -0.422. The fourth-order valence-electron chi connectivity index (χ4n) is 2.62. The van der Waals surface area contributed by atoms with Crippen LogP contribution in [0.25, 0.3) is 0 Å². The molecule has 0 aromatic heterocycles. The van der Waals surface area contributed by atoms with Crippen LogP contribution in [0.1, 0.15) is 36.9 Å². The summed E-state index contributed by atoms with van der Waals surface area (Å²) in [6, 6.07) is 3.09. The highest BCUT2D eigenvalue weighted by Gasteiger charge is 2.28. The van der Waals surface area contributed by atoms with Gasteiger partial charge in [0.2, 0.25) is 0 Å². The molecule has 1 aromatic carbocycles. The van der Waals surface area contributed by atoms with Crippen molar-refractivity contribution in [3.05, 3.63) is 35.0 Å². The van der Waals surface area contributed by atoms with Crippen molar-refractivity contribution in [1.29, 1.82) is 0 Å². The number of phenolic OH excluding ortho intramolecular Hbond substituents is 1. The lowest BCUT2D eigenvalue weighted by Crippen LogP contribution is -2.47.